The summed E-state index contributed by atoms with van der Waals surface area (Å²) in [4.78, 5) is 16.4. The zero-order valence-electron chi connectivity index (χ0n) is 25.1. The van der Waals surface area contributed by atoms with E-state index < -0.39 is 5.60 Å². The summed E-state index contributed by atoms with van der Waals surface area (Å²) >= 11 is 0. The maximum absolute atomic E-state index is 14.1. The molecule has 3 unspecified atom stereocenters. The van der Waals surface area contributed by atoms with Crippen LogP contribution in [0.1, 0.15) is 129 Å². The van der Waals surface area contributed by atoms with Crippen molar-refractivity contribution in [2.75, 3.05) is 13.7 Å². The second kappa shape index (κ2) is 11.9. The van der Waals surface area contributed by atoms with E-state index in [0.29, 0.717) is 18.9 Å². The fourth-order valence-electron chi connectivity index (χ4n) is 5.56. The quantitative estimate of drug-likeness (QED) is 0.275. The van der Waals surface area contributed by atoms with Crippen molar-refractivity contribution in [1.29, 1.82) is 0 Å². The van der Waals surface area contributed by atoms with E-state index in [1.54, 1.807) is 7.11 Å². The molecule has 1 amide bonds. The molecule has 0 rings (SSSR count). The minimum absolute atomic E-state index is 0.0240. The van der Waals surface area contributed by atoms with Crippen molar-refractivity contribution in [2.24, 2.45) is 16.7 Å². The zero-order valence-corrected chi connectivity index (χ0v) is 25.1. The molecule has 3 atom stereocenters. The summed E-state index contributed by atoms with van der Waals surface area (Å²) < 4.78 is 12.1. The van der Waals surface area contributed by atoms with Gasteiger partial charge < -0.3 is 14.4 Å². The molecule has 0 saturated carbocycles. The van der Waals surface area contributed by atoms with Crippen LogP contribution in [0.25, 0.3) is 0 Å². The maximum atomic E-state index is 14.1. The molecule has 0 fully saturated rings. The molecule has 0 saturated heterocycles. The first-order valence-corrected chi connectivity index (χ1v) is 13.2. The van der Waals surface area contributed by atoms with Gasteiger partial charge in [-0.1, -0.05) is 69.2 Å². The third-order valence-corrected chi connectivity index (χ3v) is 7.28. The summed E-state index contributed by atoms with van der Waals surface area (Å²) in [5, 5.41) is 0. The SMILES string of the molecule is CCC(C)(CCOC(C)(CC)CC(=O)N(C(C(C)C)C(C)(C)C)C(C)(C)CC(C)(C)C)OC. The van der Waals surface area contributed by atoms with Crippen molar-refractivity contribution >= 4 is 5.91 Å². The van der Waals surface area contributed by atoms with Gasteiger partial charge in [0.25, 0.3) is 0 Å². The zero-order chi connectivity index (χ0) is 26.5. The van der Waals surface area contributed by atoms with Crippen molar-refractivity contribution in [3.8, 4) is 0 Å². The summed E-state index contributed by atoms with van der Waals surface area (Å²) in [5.74, 6) is 0.557. The molecule has 0 bridgehead atoms. The molecule has 33 heavy (non-hydrogen) atoms. The van der Waals surface area contributed by atoms with Gasteiger partial charge in [0.15, 0.2) is 0 Å². The Morgan fingerprint density at radius 1 is 0.848 bits per heavy atom. The number of nitrogens with zero attached hydrogens (tertiary/aromatic N) is 1. The second-order valence-electron chi connectivity index (χ2n) is 14.0. The van der Waals surface area contributed by atoms with E-state index in [2.05, 4.69) is 102 Å². The Kier molecular flexibility index (Phi) is 11.7. The van der Waals surface area contributed by atoms with Crippen LogP contribution in [-0.4, -0.2) is 47.3 Å². The highest BCUT2D eigenvalue weighted by atomic mass is 16.5. The van der Waals surface area contributed by atoms with Crippen LogP contribution >= 0.6 is 0 Å². The first-order chi connectivity index (χ1) is 14.7. The Morgan fingerprint density at radius 2 is 1.33 bits per heavy atom. The van der Waals surface area contributed by atoms with Gasteiger partial charge in [0, 0.05) is 18.7 Å². The van der Waals surface area contributed by atoms with Gasteiger partial charge in [-0.25, -0.2) is 0 Å². The summed E-state index contributed by atoms with van der Waals surface area (Å²) in [6.07, 6.45) is 3.89. The van der Waals surface area contributed by atoms with Crippen LogP contribution in [0.4, 0.5) is 0 Å². The largest absolute Gasteiger partial charge is 0.378 e. The van der Waals surface area contributed by atoms with Crippen molar-refractivity contribution in [1.82, 2.24) is 4.90 Å². The number of hydrogen-bond acceptors (Lipinski definition) is 3. The van der Waals surface area contributed by atoms with Crippen LogP contribution in [0.3, 0.4) is 0 Å². The minimum Gasteiger partial charge on any atom is -0.378 e. The Hall–Kier alpha value is -0.610. The number of rotatable bonds is 13. The van der Waals surface area contributed by atoms with Crippen molar-refractivity contribution in [2.45, 2.75) is 152 Å². The fourth-order valence-corrected chi connectivity index (χ4v) is 5.56. The normalized spacial score (nSPS) is 18.1. The lowest BCUT2D eigenvalue weighted by Gasteiger charge is -2.53. The van der Waals surface area contributed by atoms with Crippen LogP contribution in [0.5, 0.6) is 0 Å². The predicted molar refractivity (Wildman–Crippen MR) is 143 cm³/mol. The highest BCUT2D eigenvalue weighted by Crippen LogP contribution is 2.40. The lowest BCUT2D eigenvalue weighted by molar-refractivity contribution is -0.155. The predicted octanol–water partition coefficient (Wildman–Crippen LogP) is 7.88. The Bertz CT molecular complexity index is 593. The first-order valence-electron chi connectivity index (χ1n) is 13.2. The van der Waals surface area contributed by atoms with Gasteiger partial charge in [-0.05, 0) is 70.1 Å². The van der Waals surface area contributed by atoms with Gasteiger partial charge in [-0.2, -0.15) is 0 Å². The average molecular weight is 470 g/mol. The molecular formula is C29H59NO3. The standard InChI is InChI=1S/C29H59NO3/c1-16-28(13,32-15)18-19-33-29(14,17-2)20-23(31)30(24(22(3)4)26(8,9)10)27(11,12)21-25(5,6)7/h22,24H,16-21H2,1-15H3. The monoisotopic (exact) mass is 469 g/mol. The first kappa shape index (κ1) is 32.4. The Labute approximate surface area is 207 Å². The topological polar surface area (TPSA) is 38.8 Å². The van der Waals surface area contributed by atoms with E-state index in [9.17, 15) is 4.79 Å². The van der Waals surface area contributed by atoms with Gasteiger partial charge in [0.2, 0.25) is 5.91 Å². The van der Waals surface area contributed by atoms with Gasteiger partial charge >= 0.3 is 0 Å². The van der Waals surface area contributed by atoms with Crippen LogP contribution in [0.15, 0.2) is 0 Å². The van der Waals surface area contributed by atoms with E-state index in [4.69, 9.17) is 9.47 Å². The molecule has 0 aliphatic carbocycles. The fraction of sp³-hybridized carbons (Fsp3) is 0.966. The van der Waals surface area contributed by atoms with Crippen LogP contribution in [-0.2, 0) is 14.3 Å². The minimum atomic E-state index is -0.491. The molecule has 0 aliphatic rings. The average Bonchev–Trinajstić information content (AvgIpc) is 2.62. The number of carbonyl (C=O) groups is 1. The number of amides is 1. The van der Waals surface area contributed by atoms with E-state index in [1.165, 1.54) is 0 Å². The molecule has 198 valence electrons. The molecule has 0 radical (unpaired) electrons. The third-order valence-electron chi connectivity index (χ3n) is 7.28. The van der Waals surface area contributed by atoms with E-state index in [-0.39, 0.29) is 33.9 Å². The Morgan fingerprint density at radius 3 is 1.67 bits per heavy atom. The van der Waals surface area contributed by atoms with Gasteiger partial charge in [0.1, 0.15) is 0 Å². The second-order valence-corrected chi connectivity index (χ2v) is 14.0. The number of carbonyl (C=O) groups excluding carboxylic acids is 1. The number of hydrogen-bond donors (Lipinski definition) is 0. The van der Waals surface area contributed by atoms with Gasteiger partial charge in [0.05, 0.1) is 24.2 Å². The molecule has 0 N–H and O–H groups in total. The molecule has 0 aliphatic heterocycles. The summed E-state index contributed by atoms with van der Waals surface area (Å²) in [6, 6.07) is 0.139. The highest BCUT2D eigenvalue weighted by Gasteiger charge is 2.45. The third kappa shape index (κ3) is 10.3. The van der Waals surface area contributed by atoms with Crippen molar-refractivity contribution in [3.05, 3.63) is 0 Å². The van der Waals surface area contributed by atoms with Crippen LogP contribution < -0.4 is 0 Å². The van der Waals surface area contributed by atoms with Gasteiger partial charge in [-0.15, -0.1) is 0 Å². The smallest absolute Gasteiger partial charge is 0.226 e. The molecule has 0 aromatic carbocycles. The molecule has 0 aromatic heterocycles. The lowest BCUT2D eigenvalue weighted by Crippen LogP contribution is -2.61. The molecule has 0 aromatic rings. The van der Waals surface area contributed by atoms with Gasteiger partial charge in [-0.3, -0.25) is 4.79 Å². The summed E-state index contributed by atoms with van der Waals surface area (Å²) in [5.41, 5.74) is -0.840. The van der Waals surface area contributed by atoms with Crippen LogP contribution in [0.2, 0.25) is 0 Å². The summed E-state index contributed by atoms with van der Waals surface area (Å²) in [6.45, 7) is 31.6. The molecule has 0 heterocycles. The molecule has 0 spiro atoms. The molecule has 4 nitrogen and oxygen atoms in total. The maximum Gasteiger partial charge on any atom is 0.226 e. The number of ether oxygens (including phenoxy) is 2. The summed E-state index contributed by atoms with van der Waals surface area (Å²) in [7, 11) is 1.76. The van der Waals surface area contributed by atoms with E-state index >= 15 is 0 Å². The van der Waals surface area contributed by atoms with Crippen molar-refractivity contribution < 1.29 is 14.3 Å². The Balaban J connectivity index is 6.00. The van der Waals surface area contributed by atoms with Crippen LogP contribution in [0, 0.1) is 16.7 Å². The van der Waals surface area contributed by atoms with Crippen molar-refractivity contribution in [3.63, 3.8) is 0 Å². The van der Waals surface area contributed by atoms with E-state index in [0.717, 1.165) is 25.7 Å². The van der Waals surface area contributed by atoms with E-state index in [1.807, 2.05) is 0 Å². The highest BCUT2D eigenvalue weighted by molar-refractivity contribution is 5.78. The number of methoxy groups -OCH3 is 1. The lowest BCUT2D eigenvalue weighted by atomic mass is 9.73. The molecule has 4 heteroatoms. The molecular weight excluding hydrogens is 410 g/mol.